The van der Waals surface area contributed by atoms with Gasteiger partial charge in [0.2, 0.25) is 5.91 Å². The van der Waals surface area contributed by atoms with Crippen molar-refractivity contribution in [3.63, 3.8) is 0 Å². The van der Waals surface area contributed by atoms with Crippen LogP contribution in [0.25, 0.3) is 0 Å². The molecule has 1 fully saturated rings. The van der Waals surface area contributed by atoms with Crippen molar-refractivity contribution in [3.8, 4) is 11.5 Å². The number of ether oxygens (including phenoxy) is 2. The number of carbonyl (C=O) groups excluding carboxylic acids is 1. The summed E-state index contributed by atoms with van der Waals surface area (Å²) in [6.07, 6.45) is 0.0780. The molecular weight excluding hydrogens is 294 g/mol. The molecule has 0 saturated carbocycles. The largest absolute Gasteiger partial charge is 0.497 e. The normalized spacial score (nSPS) is 19.0. The van der Waals surface area contributed by atoms with Gasteiger partial charge >= 0.3 is 9.24 Å². The molecule has 2 rings (SSSR count). The Hall–Kier alpha value is -1.47. The van der Waals surface area contributed by atoms with Gasteiger partial charge in [-0.3, -0.25) is 4.79 Å². The Bertz CT molecular complexity index is 616. The summed E-state index contributed by atoms with van der Waals surface area (Å²) in [6, 6.07) is 4.32. The number of carbonyl (C=O) groups is 1. The topological polar surface area (TPSA) is 72.9 Å². The molecule has 1 aliphatic rings. The molecule has 0 aromatic heterocycles. The van der Waals surface area contributed by atoms with E-state index in [9.17, 15) is 13.2 Å². The summed E-state index contributed by atoms with van der Waals surface area (Å²) >= 11 is 0. The van der Waals surface area contributed by atoms with E-state index in [-0.39, 0.29) is 6.42 Å². The number of nitrogens with zero attached hydrogens (tertiary/aromatic N) is 1. The summed E-state index contributed by atoms with van der Waals surface area (Å²) in [6.45, 7) is 0. The zero-order chi connectivity index (χ0) is 14.2. The zero-order valence-electron chi connectivity index (χ0n) is 10.3. The average Bonchev–Trinajstić information content (AvgIpc) is 2.33. The molecule has 1 heterocycles. The second-order valence-corrected chi connectivity index (χ2v) is 6.35. The summed E-state index contributed by atoms with van der Waals surface area (Å²) in [7, 11) is 4.12. The quantitative estimate of drug-likeness (QED) is 0.622. The second kappa shape index (κ2) is 4.90. The van der Waals surface area contributed by atoms with Gasteiger partial charge in [-0.25, -0.2) is 4.31 Å². The zero-order valence-corrected chi connectivity index (χ0v) is 11.9. The van der Waals surface area contributed by atoms with E-state index in [0.29, 0.717) is 21.4 Å². The van der Waals surface area contributed by atoms with Crippen LogP contribution < -0.4 is 9.47 Å². The Morgan fingerprint density at radius 1 is 1.32 bits per heavy atom. The smallest absolute Gasteiger partial charge is 0.324 e. The first-order chi connectivity index (χ1) is 8.88. The minimum absolute atomic E-state index is 0.0780. The molecule has 1 aromatic carbocycles. The van der Waals surface area contributed by atoms with Gasteiger partial charge in [0.05, 0.1) is 26.7 Å². The lowest BCUT2D eigenvalue weighted by atomic mass is 9.96. The van der Waals surface area contributed by atoms with Gasteiger partial charge in [0, 0.05) is 22.3 Å². The van der Waals surface area contributed by atoms with Crippen molar-refractivity contribution in [1.29, 1.82) is 0 Å². The number of benzene rings is 1. The van der Waals surface area contributed by atoms with Gasteiger partial charge in [0.1, 0.15) is 11.5 Å². The first-order valence-electron chi connectivity index (χ1n) is 5.37. The molecule has 1 unspecified atom stereocenters. The number of methoxy groups -OCH3 is 2. The minimum atomic E-state index is -4.08. The SMILES string of the molecule is COc1ccc(C2CC(=O)N2S(=O)(=O)Cl)c(OC)c1. The maximum absolute atomic E-state index is 11.4. The average molecular weight is 306 g/mol. The van der Waals surface area contributed by atoms with Crippen molar-refractivity contribution < 1.29 is 22.7 Å². The predicted molar refractivity (Wildman–Crippen MR) is 68.5 cm³/mol. The summed E-state index contributed by atoms with van der Waals surface area (Å²) in [5.74, 6) is 0.492. The molecule has 1 aromatic rings. The Kier molecular flexibility index (Phi) is 3.60. The van der Waals surface area contributed by atoms with Crippen LogP contribution in [-0.2, 0) is 14.0 Å². The number of halogens is 1. The van der Waals surface area contributed by atoms with E-state index in [2.05, 4.69) is 0 Å². The molecule has 0 spiro atoms. The van der Waals surface area contributed by atoms with E-state index >= 15 is 0 Å². The van der Waals surface area contributed by atoms with E-state index in [0.717, 1.165) is 0 Å². The first kappa shape index (κ1) is 14.0. The summed E-state index contributed by atoms with van der Waals surface area (Å²) in [4.78, 5) is 11.4. The third-order valence-corrected chi connectivity index (χ3v) is 4.31. The van der Waals surface area contributed by atoms with E-state index in [1.54, 1.807) is 18.2 Å². The highest BCUT2D eigenvalue weighted by atomic mass is 35.7. The van der Waals surface area contributed by atoms with Gasteiger partial charge in [-0.05, 0) is 12.1 Å². The van der Waals surface area contributed by atoms with Gasteiger partial charge in [0.25, 0.3) is 0 Å². The Morgan fingerprint density at radius 2 is 2.00 bits per heavy atom. The summed E-state index contributed by atoms with van der Waals surface area (Å²) in [5, 5.41) is 0. The van der Waals surface area contributed by atoms with E-state index in [1.165, 1.54) is 14.2 Å². The molecule has 1 amide bonds. The standard InChI is InChI=1S/C11H12ClNO5S/c1-17-7-3-4-8(10(5-7)18-2)9-6-11(14)13(9)19(12,15)16/h3-5,9H,6H2,1-2H3. The highest BCUT2D eigenvalue weighted by Crippen LogP contribution is 2.42. The molecule has 6 nitrogen and oxygen atoms in total. The third kappa shape index (κ3) is 2.48. The number of hydrogen-bond donors (Lipinski definition) is 0. The van der Waals surface area contributed by atoms with Gasteiger partial charge < -0.3 is 9.47 Å². The molecular formula is C11H12ClNO5S. The lowest BCUT2D eigenvalue weighted by Crippen LogP contribution is -2.48. The third-order valence-electron chi connectivity index (χ3n) is 2.93. The monoisotopic (exact) mass is 305 g/mol. The molecule has 104 valence electrons. The van der Waals surface area contributed by atoms with Crippen LogP contribution in [0, 0.1) is 0 Å². The second-order valence-electron chi connectivity index (χ2n) is 3.96. The molecule has 0 radical (unpaired) electrons. The fraction of sp³-hybridized carbons (Fsp3) is 0.364. The Balaban J connectivity index is 2.40. The van der Waals surface area contributed by atoms with Crippen molar-refractivity contribution in [3.05, 3.63) is 23.8 Å². The van der Waals surface area contributed by atoms with Gasteiger partial charge in [-0.15, -0.1) is 0 Å². The summed E-state index contributed by atoms with van der Waals surface area (Å²) in [5.41, 5.74) is 0.576. The van der Waals surface area contributed by atoms with Gasteiger partial charge in [0.15, 0.2) is 0 Å². The lowest BCUT2D eigenvalue weighted by molar-refractivity contribution is -0.137. The lowest BCUT2D eigenvalue weighted by Gasteiger charge is -2.37. The van der Waals surface area contributed by atoms with Crippen molar-refractivity contribution in [2.75, 3.05) is 14.2 Å². The maximum Gasteiger partial charge on any atom is 0.324 e. The van der Waals surface area contributed by atoms with Gasteiger partial charge in [-0.2, -0.15) is 8.42 Å². The molecule has 0 bridgehead atoms. The Labute approximate surface area is 115 Å². The fourth-order valence-electron chi connectivity index (χ4n) is 2.00. The van der Waals surface area contributed by atoms with Crippen LogP contribution in [-0.4, -0.2) is 32.8 Å². The fourth-order valence-corrected chi connectivity index (χ4v) is 3.33. The molecule has 1 aliphatic heterocycles. The minimum Gasteiger partial charge on any atom is -0.497 e. The number of rotatable bonds is 4. The van der Waals surface area contributed by atoms with Crippen LogP contribution in [0.15, 0.2) is 18.2 Å². The van der Waals surface area contributed by atoms with Gasteiger partial charge in [-0.1, -0.05) is 0 Å². The molecule has 1 saturated heterocycles. The van der Waals surface area contributed by atoms with Crippen LogP contribution in [0.5, 0.6) is 11.5 Å². The molecule has 19 heavy (non-hydrogen) atoms. The Morgan fingerprint density at radius 3 is 2.47 bits per heavy atom. The van der Waals surface area contributed by atoms with E-state index < -0.39 is 21.2 Å². The number of amides is 1. The molecule has 0 aliphatic carbocycles. The van der Waals surface area contributed by atoms with Crippen LogP contribution >= 0.6 is 10.7 Å². The van der Waals surface area contributed by atoms with Crippen molar-refractivity contribution in [1.82, 2.24) is 4.31 Å². The van der Waals surface area contributed by atoms with Crippen LogP contribution in [0.3, 0.4) is 0 Å². The molecule has 8 heteroatoms. The van der Waals surface area contributed by atoms with Crippen molar-refractivity contribution >= 4 is 25.8 Å². The highest BCUT2D eigenvalue weighted by molar-refractivity contribution is 8.12. The maximum atomic E-state index is 11.4. The first-order valence-corrected chi connectivity index (χ1v) is 7.64. The van der Waals surface area contributed by atoms with Crippen LogP contribution in [0.2, 0.25) is 0 Å². The number of hydrogen-bond acceptors (Lipinski definition) is 5. The highest BCUT2D eigenvalue weighted by Gasteiger charge is 2.45. The van der Waals surface area contributed by atoms with E-state index in [4.69, 9.17) is 20.2 Å². The van der Waals surface area contributed by atoms with Crippen LogP contribution in [0.4, 0.5) is 0 Å². The predicted octanol–water partition coefficient (Wildman–Crippen LogP) is 1.46. The molecule has 1 atom stereocenters. The van der Waals surface area contributed by atoms with Crippen molar-refractivity contribution in [2.24, 2.45) is 0 Å². The van der Waals surface area contributed by atoms with Crippen molar-refractivity contribution in [2.45, 2.75) is 12.5 Å². The molecule has 0 N–H and O–H groups in total. The number of β-lactam (4-membered cyclic amide) rings is 1. The van der Waals surface area contributed by atoms with Crippen LogP contribution in [0.1, 0.15) is 18.0 Å². The van der Waals surface area contributed by atoms with E-state index in [1.807, 2.05) is 0 Å². The summed E-state index contributed by atoms with van der Waals surface area (Å²) < 4.78 is 33.6.